The number of piperidine rings is 1. The Morgan fingerprint density at radius 1 is 1.17 bits per heavy atom. The molecule has 6 nitrogen and oxygen atoms in total. The summed E-state index contributed by atoms with van der Waals surface area (Å²) in [7, 11) is 1.40. The average Bonchev–Trinajstić information content (AvgIpc) is 3.10. The van der Waals surface area contributed by atoms with E-state index in [1.807, 2.05) is 0 Å². The molecule has 0 radical (unpaired) electrons. The first-order valence-corrected chi connectivity index (χ1v) is 11.2. The molecule has 2 unspecified atom stereocenters. The molecule has 0 aromatic heterocycles. The van der Waals surface area contributed by atoms with E-state index in [4.69, 9.17) is 21.7 Å². The van der Waals surface area contributed by atoms with Crippen LogP contribution in [-0.4, -0.2) is 56.4 Å². The molecule has 2 aliphatic heterocycles. The van der Waals surface area contributed by atoms with E-state index in [1.54, 1.807) is 0 Å². The molecule has 2 aromatic carbocycles. The number of ether oxygens (including phenoxy) is 4. The number of amides is 1. The molecule has 5 rings (SSSR count). The van der Waals surface area contributed by atoms with Crippen molar-refractivity contribution in [1.82, 2.24) is 4.90 Å². The lowest BCUT2D eigenvalue weighted by Crippen LogP contribution is -2.53. The molecule has 1 amide bonds. The topological polar surface area (TPSA) is 57.2 Å². The summed E-state index contributed by atoms with van der Waals surface area (Å²) >= 11 is 0. The van der Waals surface area contributed by atoms with Crippen LogP contribution in [0.1, 0.15) is 37.9 Å². The number of carbonyl (C=O) groups is 1. The normalized spacial score (nSPS) is 27.9. The van der Waals surface area contributed by atoms with Crippen LogP contribution in [0.25, 0.3) is 0 Å². The molecule has 2 saturated heterocycles. The Morgan fingerprint density at radius 2 is 1.91 bits per heavy atom. The number of likely N-dealkylation sites (tertiary alicyclic amines) is 1. The van der Waals surface area contributed by atoms with Gasteiger partial charge in [-0.15, -0.1) is 0 Å². The first-order chi connectivity index (χ1) is 17.4. The lowest BCUT2D eigenvalue weighted by atomic mass is 9.82. The van der Waals surface area contributed by atoms with E-state index < -0.39 is 41.9 Å². The summed E-state index contributed by atoms with van der Waals surface area (Å²) in [5, 5.41) is 0. The smallest absolute Gasteiger partial charge is 0.254 e. The van der Waals surface area contributed by atoms with Crippen molar-refractivity contribution in [2.75, 3.05) is 33.6 Å². The van der Waals surface area contributed by atoms with Gasteiger partial charge in [0.15, 0.2) is 11.5 Å². The van der Waals surface area contributed by atoms with Crippen LogP contribution < -0.4 is 9.47 Å². The van der Waals surface area contributed by atoms with Gasteiger partial charge in [-0.1, -0.05) is 0 Å². The average molecular weight is 497 g/mol. The lowest BCUT2D eigenvalue weighted by Gasteiger charge is -2.42. The van der Waals surface area contributed by atoms with E-state index in [0.717, 1.165) is 12.1 Å². The second-order valence-electron chi connectivity index (χ2n) is 9.15. The van der Waals surface area contributed by atoms with E-state index in [9.17, 15) is 22.4 Å². The van der Waals surface area contributed by atoms with E-state index in [0.29, 0.717) is 11.8 Å². The molecule has 10 heteroatoms. The van der Waals surface area contributed by atoms with Crippen molar-refractivity contribution in [3.63, 3.8) is 0 Å². The van der Waals surface area contributed by atoms with Gasteiger partial charge in [0, 0.05) is 43.4 Å². The van der Waals surface area contributed by atoms with Crippen molar-refractivity contribution in [3.8, 4) is 11.5 Å². The third-order valence-corrected chi connectivity index (χ3v) is 6.77. The summed E-state index contributed by atoms with van der Waals surface area (Å²) in [6, 6.07) is 7.38. The fraction of sp³-hybridized carbons (Fsp3) is 0.480. The number of methoxy groups -OCH3 is 1. The Hall–Kier alpha value is -2.85. The van der Waals surface area contributed by atoms with E-state index >= 15 is 0 Å². The van der Waals surface area contributed by atoms with Crippen molar-refractivity contribution in [1.29, 1.82) is 0 Å². The fourth-order valence-electron chi connectivity index (χ4n) is 4.89. The fourth-order valence-corrected chi connectivity index (χ4v) is 4.89. The monoisotopic (exact) mass is 497 g/mol. The maximum atomic E-state index is 14.0. The molecule has 3 aliphatic rings. The molecule has 0 N–H and O–H groups in total. The number of nitrogens with zero attached hydrogens (tertiary/aromatic N) is 1. The lowest BCUT2D eigenvalue weighted by molar-refractivity contribution is -0.119. The Kier molecular flexibility index (Phi) is 5.50. The summed E-state index contributed by atoms with van der Waals surface area (Å²) in [5.41, 5.74) is -1.13. The summed E-state index contributed by atoms with van der Waals surface area (Å²) in [6.45, 7) is -2.40. The summed E-state index contributed by atoms with van der Waals surface area (Å²) < 4.78 is 91.9. The van der Waals surface area contributed by atoms with Crippen molar-refractivity contribution >= 4 is 5.91 Å². The molecule has 2 heterocycles. The largest absolute Gasteiger partial charge is 0.493 e. The van der Waals surface area contributed by atoms with E-state index in [1.165, 1.54) is 30.2 Å². The molecule has 2 atom stereocenters. The number of carbonyl (C=O) groups excluding carboxylic acids is 1. The third-order valence-electron chi connectivity index (χ3n) is 6.77. The highest BCUT2D eigenvalue weighted by Gasteiger charge is 2.51. The van der Waals surface area contributed by atoms with Crippen LogP contribution in [0.3, 0.4) is 0 Å². The first-order valence-electron chi connectivity index (χ1n) is 12.2. The van der Waals surface area contributed by atoms with Crippen LogP contribution in [0, 0.1) is 17.6 Å². The van der Waals surface area contributed by atoms with Gasteiger partial charge in [0.1, 0.15) is 30.1 Å². The molecular weight excluding hydrogens is 470 g/mol. The Labute approximate surface area is 202 Å². The Bertz CT molecular complexity index is 1190. The maximum Gasteiger partial charge on any atom is 0.254 e. The number of halogens is 4. The van der Waals surface area contributed by atoms with Gasteiger partial charge >= 0.3 is 0 Å². The highest BCUT2D eigenvalue weighted by atomic mass is 19.3. The van der Waals surface area contributed by atoms with Crippen molar-refractivity contribution in [3.05, 3.63) is 59.2 Å². The van der Waals surface area contributed by atoms with Gasteiger partial charge in [-0.25, -0.2) is 17.6 Å². The minimum absolute atomic E-state index is 0.0379. The van der Waals surface area contributed by atoms with Crippen LogP contribution in [0.4, 0.5) is 17.6 Å². The molecule has 0 spiro atoms. The van der Waals surface area contributed by atoms with Crippen LogP contribution in [0.2, 0.25) is 0 Å². The SMILES string of the molecule is [2H]C1([2H])OC2CN(C(=O)c3ccc(OCC4CC(F)(F)C4)c(OC)c3)CCC2(c2cc(F)cc(F)c2)O1. The highest BCUT2D eigenvalue weighted by molar-refractivity contribution is 5.95. The number of rotatable bonds is 6. The standard InChI is InChI=1S/C25H25F4NO5/c1-32-21-6-16(2-3-20(21)33-13-15-10-24(28,29)11-15)23(31)30-5-4-25(22(12-30)34-14-35-25)17-7-18(26)9-19(27)8-17/h2-3,6-9,15,22H,4-5,10-14H2,1H3/i14D2. The molecule has 188 valence electrons. The van der Waals surface area contributed by atoms with E-state index in [-0.39, 0.29) is 61.8 Å². The quantitative estimate of drug-likeness (QED) is 0.550. The predicted octanol–water partition coefficient (Wildman–Crippen LogP) is 4.51. The molecule has 1 aliphatic carbocycles. The first kappa shape index (κ1) is 21.4. The molecular formula is C25H25F4NO5. The minimum Gasteiger partial charge on any atom is -0.493 e. The van der Waals surface area contributed by atoms with E-state index in [2.05, 4.69) is 0 Å². The number of alkyl halides is 2. The van der Waals surface area contributed by atoms with Gasteiger partial charge in [-0.3, -0.25) is 4.79 Å². The number of hydrogen-bond donors (Lipinski definition) is 0. The van der Waals surface area contributed by atoms with Crippen LogP contribution >= 0.6 is 0 Å². The third kappa shape index (κ3) is 4.56. The molecule has 35 heavy (non-hydrogen) atoms. The van der Waals surface area contributed by atoms with Gasteiger partial charge in [-0.2, -0.15) is 0 Å². The van der Waals surface area contributed by atoms with Crippen molar-refractivity contribution in [2.45, 2.75) is 36.9 Å². The number of fused-ring (bicyclic) bond motifs is 1. The maximum absolute atomic E-state index is 14.0. The minimum atomic E-state index is -2.64. The van der Waals surface area contributed by atoms with Crippen LogP contribution in [0.15, 0.2) is 36.4 Å². The number of hydrogen-bond acceptors (Lipinski definition) is 5. The van der Waals surface area contributed by atoms with Crippen molar-refractivity contribution in [2.24, 2.45) is 5.92 Å². The second kappa shape index (κ2) is 8.98. The zero-order valence-corrected chi connectivity index (χ0v) is 18.9. The van der Waals surface area contributed by atoms with Gasteiger partial charge < -0.3 is 23.8 Å². The molecule has 2 aromatic rings. The number of benzene rings is 2. The molecule has 0 bridgehead atoms. The second-order valence-corrected chi connectivity index (χ2v) is 9.15. The van der Waals surface area contributed by atoms with Crippen molar-refractivity contribution < 1.29 is 44.0 Å². The summed E-state index contributed by atoms with van der Waals surface area (Å²) in [5.74, 6) is -4.39. The van der Waals surface area contributed by atoms with Gasteiger partial charge in [0.05, 0.1) is 23.0 Å². The zero-order chi connectivity index (χ0) is 26.6. The Morgan fingerprint density at radius 3 is 2.60 bits per heavy atom. The Balaban J connectivity index is 1.32. The van der Waals surface area contributed by atoms with Crippen LogP contribution in [0.5, 0.6) is 11.5 Å². The zero-order valence-electron chi connectivity index (χ0n) is 20.9. The summed E-state index contributed by atoms with van der Waals surface area (Å²) in [4.78, 5) is 14.7. The van der Waals surface area contributed by atoms with Crippen LogP contribution in [-0.2, 0) is 15.1 Å². The predicted molar refractivity (Wildman–Crippen MR) is 116 cm³/mol. The summed E-state index contributed by atoms with van der Waals surface area (Å²) in [6.07, 6.45) is -1.44. The molecule has 1 saturated carbocycles. The van der Waals surface area contributed by atoms with Gasteiger partial charge in [0.25, 0.3) is 5.91 Å². The van der Waals surface area contributed by atoms with Gasteiger partial charge in [-0.05, 0) is 35.9 Å². The molecule has 3 fully saturated rings. The highest BCUT2D eigenvalue weighted by Crippen LogP contribution is 2.44. The van der Waals surface area contributed by atoms with Gasteiger partial charge in [0.2, 0.25) is 5.92 Å².